The van der Waals surface area contributed by atoms with Crippen LogP contribution in [0.25, 0.3) is 0 Å². The van der Waals surface area contributed by atoms with Gasteiger partial charge in [0.2, 0.25) is 0 Å². The van der Waals surface area contributed by atoms with Crippen LogP contribution >= 0.6 is 11.6 Å². The van der Waals surface area contributed by atoms with Gasteiger partial charge in [-0.1, -0.05) is 17.7 Å². The number of hydrogen-bond donors (Lipinski definition) is 1. The summed E-state index contributed by atoms with van der Waals surface area (Å²) >= 11 is 5.72. The minimum absolute atomic E-state index is 0.209. The van der Waals surface area contributed by atoms with Crippen molar-refractivity contribution in [2.24, 2.45) is 0 Å². The first kappa shape index (κ1) is 15.2. The Labute approximate surface area is 124 Å². The first-order chi connectivity index (χ1) is 9.88. The van der Waals surface area contributed by atoms with E-state index >= 15 is 0 Å². The van der Waals surface area contributed by atoms with Crippen molar-refractivity contribution in [2.45, 2.75) is 13.0 Å². The summed E-state index contributed by atoms with van der Waals surface area (Å²) in [6, 6.07) is 6.76. The van der Waals surface area contributed by atoms with E-state index in [0.717, 1.165) is 12.1 Å². The van der Waals surface area contributed by atoms with Crippen LogP contribution in [0.2, 0.25) is 5.02 Å². The molecule has 4 nitrogen and oxygen atoms in total. The monoisotopic (exact) mass is 312 g/mol. The van der Waals surface area contributed by atoms with E-state index in [0.29, 0.717) is 0 Å². The third-order valence-corrected chi connectivity index (χ3v) is 3.19. The highest BCUT2D eigenvalue weighted by Crippen LogP contribution is 2.31. The molecule has 1 unspecified atom stereocenters. The maximum absolute atomic E-state index is 13.7. The molecule has 0 aliphatic carbocycles. The number of anilines is 1. The van der Waals surface area contributed by atoms with Gasteiger partial charge in [-0.2, -0.15) is 0 Å². The zero-order valence-corrected chi connectivity index (χ0v) is 11.7. The fourth-order valence-electron chi connectivity index (χ4n) is 1.94. The summed E-state index contributed by atoms with van der Waals surface area (Å²) in [5.74, 6) is -1.40. The number of benzene rings is 2. The van der Waals surface area contributed by atoms with Crippen LogP contribution in [-0.4, -0.2) is 4.92 Å². The van der Waals surface area contributed by atoms with Crippen LogP contribution < -0.4 is 5.32 Å². The average molecular weight is 313 g/mol. The number of nitrogens with one attached hydrogen (secondary N) is 1. The van der Waals surface area contributed by atoms with Gasteiger partial charge >= 0.3 is 0 Å². The van der Waals surface area contributed by atoms with E-state index in [2.05, 4.69) is 5.32 Å². The molecule has 2 rings (SSSR count). The fourth-order valence-corrected chi connectivity index (χ4v) is 2.11. The number of nitrogens with zero attached hydrogens (tertiary/aromatic N) is 1. The molecule has 0 aromatic heterocycles. The number of halogens is 3. The standard InChI is InChI=1S/C14H11ClF2N2O2/c1-8(11-4-3-10(16)7-12(11)17)18-13-5-2-9(15)6-14(13)19(20)21/h2-8,18H,1H3. The summed E-state index contributed by atoms with van der Waals surface area (Å²) in [5, 5.41) is 14.0. The van der Waals surface area contributed by atoms with Crippen LogP contribution in [0.5, 0.6) is 0 Å². The normalized spacial score (nSPS) is 12.0. The third kappa shape index (κ3) is 3.46. The zero-order chi connectivity index (χ0) is 15.6. The van der Waals surface area contributed by atoms with Crippen LogP contribution in [0.15, 0.2) is 36.4 Å². The van der Waals surface area contributed by atoms with Gasteiger partial charge in [-0.05, 0) is 25.1 Å². The molecule has 21 heavy (non-hydrogen) atoms. The van der Waals surface area contributed by atoms with Gasteiger partial charge < -0.3 is 5.32 Å². The van der Waals surface area contributed by atoms with Crippen LogP contribution in [-0.2, 0) is 0 Å². The number of hydrogen-bond acceptors (Lipinski definition) is 3. The molecule has 0 heterocycles. The molecule has 0 spiro atoms. The van der Waals surface area contributed by atoms with Crippen molar-refractivity contribution < 1.29 is 13.7 Å². The van der Waals surface area contributed by atoms with Gasteiger partial charge in [-0.3, -0.25) is 10.1 Å². The van der Waals surface area contributed by atoms with Crippen molar-refractivity contribution >= 4 is 23.0 Å². The Balaban J connectivity index is 2.31. The predicted octanol–water partition coefficient (Wildman–Crippen LogP) is 4.70. The number of rotatable bonds is 4. The highest BCUT2D eigenvalue weighted by atomic mass is 35.5. The quantitative estimate of drug-likeness (QED) is 0.657. The lowest BCUT2D eigenvalue weighted by Crippen LogP contribution is -2.10. The van der Waals surface area contributed by atoms with Crippen molar-refractivity contribution in [3.05, 3.63) is 68.7 Å². The van der Waals surface area contributed by atoms with Gasteiger partial charge in [0.1, 0.15) is 17.3 Å². The molecule has 0 amide bonds. The molecule has 0 saturated carbocycles. The summed E-state index contributed by atoms with van der Waals surface area (Å²) in [7, 11) is 0. The highest BCUT2D eigenvalue weighted by Gasteiger charge is 2.18. The van der Waals surface area contributed by atoms with E-state index in [1.165, 1.54) is 24.3 Å². The predicted molar refractivity (Wildman–Crippen MR) is 76.5 cm³/mol. The molecule has 0 aliphatic heterocycles. The maximum Gasteiger partial charge on any atom is 0.293 e. The van der Waals surface area contributed by atoms with E-state index in [4.69, 9.17) is 11.6 Å². The topological polar surface area (TPSA) is 55.2 Å². The van der Waals surface area contributed by atoms with Gasteiger partial charge in [0, 0.05) is 22.7 Å². The van der Waals surface area contributed by atoms with E-state index in [1.54, 1.807) is 6.92 Å². The second-order valence-electron chi connectivity index (χ2n) is 4.45. The van der Waals surface area contributed by atoms with E-state index < -0.39 is 22.6 Å². The maximum atomic E-state index is 13.7. The van der Waals surface area contributed by atoms with Gasteiger partial charge in [-0.25, -0.2) is 8.78 Å². The molecular formula is C14H11ClF2N2O2. The SMILES string of the molecule is CC(Nc1ccc(Cl)cc1[N+](=O)[O-])c1ccc(F)cc1F. The van der Waals surface area contributed by atoms with E-state index in [-0.39, 0.29) is 22.0 Å². The molecule has 7 heteroatoms. The van der Waals surface area contributed by atoms with Gasteiger partial charge in [0.25, 0.3) is 5.69 Å². The van der Waals surface area contributed by atoms with Gasteiger partial charge in [0.15, 0.2) is 0 Å². The Bertz CT molecular complexity index is 695. The fraction of sp³-hybridized carbons (Fsp3) is 0.143. The summed E-state index contributed by atoms with van der Waals surface area (Å²) in [6.45, 7) is 1.62. The molecule has 1 atom stereocenters. The molecule has 0 radical (unpaired) electrons. The third-order valence-electron chi connectivity index (χ3n) is 2.96. The Hall–Kier alpha value is -2.21. The summed E-state index contributed by atoms with van der Waals surface area (Å²) in [6.07, 6.45) is 0. The average Bonchev–Trinajstić information content (AvgIpc) is 2.40. The second-order valence-corrected chi connectivity index (χ2v) is 4.89. The number of nitro benzene ring substituents is 1. The van der Waals surface area contributed by atoms with Crippen LogP contribution in [0.1, 0.15) is 18.5 Å². The summed E-state index contributed by atoms with van der Waals surface area (Å²) in [4.78, 5) is 10.4. The molecule has 0 fully saturated rings. The van der Waals surface area contributed by atoms with Gasteiger partial charge in [-0.15, -0.1) is 0 Å². The van der Waals surface area contributed by atoms with Crippen LogP contribution in [0.3, 0.4) is 0 Å². The van der Waals surface area contributed by atoms with Gasteiger partial charge in [0.05, 0.1) is 11.0 Å². The van der Waals surface area contributed by atoms with Crippen molar-refractivity contribution in [3.63, 3.8) is 0 Å². The Morgan fingerprint density at radius 2 is 1.95 bits per heavy atom. The minimum atomic E-state index is -0.716. The molecule has 2 aromatic carbocycles. The smallest absolute Gasteiger partial charge is 0.293 e. The number of nitro groups is 1. The lowest BCUT2D eigenvalue weighted by Gasteiger charge is -2.16. The van der Waals surface area contributed by atoms with Crippen molar-refractivity contribution in [1.29, 1.82) is 0 Å². The first-order valence-electron chi connectivity index (χ1n) is 6.04. The first-order valence-corrected chi connectivity index (χ1v) is 6.41. The van der Waals surface area contributed by atoms with Crippen LogP contribution in [0, 0.1) is 21.7 Å². The lowest BCUT2D eigenvalue weighted by molar-refractivity contribution is -0.384. The van der Waals surface area contributed by atoms with Crippen molar-refractivity contribution in [3.8, 4) is 0 Å². The van der Waals surface area contributed by atoms with Crippen molar-refractivity contribution in [1.82, 2.24) is 0 Å². The summed E-state index contributed by atoms with van der Waals surface area (Å²) < 4.78 is 26.6. The molecule has 0 bridgehead atoms. The lowest BCUT2D eigenvalue weighted by atomic mass is 10.1. The van der Waals surface area contributed by atoms with Crippen molar-refractivity contribution in [2.75, 3.05) is 5.32 Å². The molecule has 0 saturated heterocycles. The molecule has 0 aliphatic rings. The highest BCUT2D eigenvalue weighted by molar-refractivity contribution is 6.30. The Morgan fingerprint density at radius 3 is 2.57 bits per heavy atom. The van der Waals surface area contributed by atoms with Crippen LogP contribution in [0.4, 0.5) is 20.2 Å². The van der Waals surface area contributed by atoms with E-state index in [9.17, 15) is 18.9 Å². The largest absolute Gasteiger partial charge is 0.373 e. The molecule has 2 aromatic rings. The second kappa shape index (κ2) is 6.05. The Kier molecular flexibility index (Phi) is 4.37. The zero-order valence-electron chi connectivity index (χ0n) is 10.9. The summed E-state index contributed by atoms with van der Waals surface area (Å²) in [5.41, 5.74) is 0.207. The minimum Gasteiger partial charge on any atom is -0.373 e. The molecular weight excluding hydrogens is 302 g/mol. The molecule has 110 valence electrons. The van der Waals surface area contributed by atoms with E-state index in [1.807, 2.05) is 0 Å². The molecule has 1 N–H and O–H groups in total. The Morgan fingerprint density at radius 1 is 1.24 bits per heavy atom.